The van der Waals surface area contributed by atoms with Gasteiger partial charge < -0.3 is 19.6 Å². The van der Waals surface area contributed by atoms with Crippen molar-refractivity contribution >= 4 is 23.8 Å². The first-order valence-corrected chi connectivity index (χ1v) is 8.30. The summed E-state index contributed by atoms with van der Waals surface area (Å²) < 4.78 is 9.93. The van der Waals surface area contributed by atoms with Gasteiger partial charge in [0.25, 0.3) is 5.91 Å². The molecule has 2 aromatic carbocycles. The molecule has 7 nitrogen and oxygen atoms in total. The number of oxime groups is 1. The first-order chi connectivity index (χ1) is 13.0. The summed E-state index contributed by atoms with van der Waals surface area (Å²) in [5.41, 5.74) is 3.38. The van der Waals surface area contributed by atoms with Crippen LogP contribution in [0.5, 0.6) is 5.75 Å². The predicted octanol–water partition coefficient (Wildman–Crippen LogP) is 2.84. The molecule has 0 aromatic heterocycles. The van der Waals surface area contributed by atoms with Crippen LogP contribution in [0.15, 0.2) is 47.6 Å². The van der Waals surface area contributed by atoms with Gasteiger partial charge in [-0.3, -0.25) is 4.79 Å². The molecule has 7 heteroatoms. The van der Waals surface area contributed by atoms with Crippen LogP contribution in [-0.4, -0.2) is 38.4 Å². The van der Waals surface area contributed by atoms with E-state index in [0.717, 1.165) is 28.1 Å². The third-order valence-corrected chi connectivity index (χ3v) is 3.68. The zero-order chi connectivity index (χ0) is 19.6. The van der Waals surface area contributed by atoms with Gasteiger partial charge in [-0.1, -0.05) is 23.4 Å². The van der Waals surface area contributed by atoms with Crippen LogP contribution in [-0.2, 0) is 19.2 Å². The summed E-state index contributed by atoms with van der Waals surface area (Å²) in [6, 6.07) is 12.8. The van der Waals surface area contributed by atoms with E-state index in [9.17, 15) is 9.59 Å². The SMILES string of the molecule is COc1ccc(/C=N\OCC(=O)OCC(=O)Nc2c(C)cccc2C)cc1. The number of amides is 1. The highest BCUT2D eigenvalue weighted by Gasteiger charge is 2.10. The van der Waals surface area contributed by atoms with E-state index in [1.807, 2.05) is 32.0 Å². The molecule has 1 amide bonds. The summed E-state index contributed by atoms with van der Waals surface area (Å²) in [5.74, 6) is -0.364. The Morgan fingerprint density at radius 1 is 1.04 bits per heavy atom. The quantitative estimate of drug-likeness (QED) is 0.439. The molecule has 0 spiro atoms. The van der Waals surface area contributed by atoms with E-state index in [0.29, 0.717) is 0 Å². The van der Waals surface area contributed by atoms with Crippen molar-refractivity contribution in [2.24, 2.45) is 5.16 Å². The highest BCUT2D eigenvalue weighted by atomic mass is 16.7. The zero-order valence-corrected chi connectivity index (χ0v) is 15.5. The summed E-state index contributed by atoms with van der Waals surface area (Å²) >= 11 is 0. The fourth-order valence-corrected chi connectivity index (χ4v) is 2.25. The number of anilines is 1. The van der Waals surface area contributed by atoms with Crippen LogP contribution in [0.1, 0.15) is 16.7 Å². The van der Waals surface area contributed by atoms with Crippen LogP contribution < -0.4 is 10.1 Å². The molecule has 0 aliphatic heterocycles. The molecule has 0 atom stereocenters. The molecule has 0 unspecified atom stereocenters. The van der Waals surface area contributed by atoms with E-state index in [1.54, 1.807) is 31.4 Å². The van der Waals surface area contributed by atoms with E-state index < -0.39 is 18.5 Å². The maximum atomic E-state index is 11.9. The summed E-state index contributed by atoms with van der Waals surface area (Å²) in [6.07, 6.45) is 1.46. The minimum atomic E-state index is -0.682. The van der Waals surface area contributed by atoms with E-state index in [2.05, 4.69) is 10.5 Å². The Bertz CT molecular complexity index is 795. The average molecular weight is 370 g/mol. The van der Waals surface area contributed by atoms with Crippen LogP contribution in [0.25, 0.3) is 0 Å². The zero-order valence-electron chi connectivity index (χ0n) is 15.5. The number of hydrogen-bond acceptors (Lipinski definition) is 6. The van der Waals surface area contributed by atoms with Crippen molar-refractivity contribution in [3.8, 4) is 5.75 Å². The molecule has 27 heavy (non-hydrogen) atoms. The predicted molar refractivity (Wildman–Crippen MR) is 102 cm³/mol. The van der Waals surface area contributed by atoms with Crippen LogP contribution >= 0.6 is 0 Å². The number of methoxy groups -OCH3 is 1. The Hall–Kier alpha value is -3.35. The minimum Gasteiger partial charge on any atom is -0.497 e. The van der Waals surface area contributed by atoms with E-state index in [4.69, 9.17) is 14.3 Å². The van der Waals surface area contributed by atoms with Crippen LogP contribution in [0.3, 0.4) is 0 Å². The molecular formula is C20H22N2O5. The number of carbonyl (C=O) groups excluding carboxylic acids is 2. The van der Waals surface area contributed by atoms with E-state index in [1.165, 1.54) is 6.21 Å². The molecule has 2 aromatic rings. The second kappa shape index (κ2) is 9.96. The van der Waals surface area contributed by atoms with Gasteiger partial charge in [-0.25, -0.2) is 4.79 Å². The number of aryl methyl sites for hydroxylation is 2. The molecule has 0 fully saturated rings. The highest BCUT2D eigenvalue weighted by molar-refractivity contribution is 5.94. The van der Waals surface area contributed by atoms with Crippen molar-refractivity contribution in [1.82, 2.24) is 0 Å². The van der Waals surface area contributed by atoms with E-state index >= 15 is 0 Å². The Balaban J connectivity index is 1.71. The third-order valence-electron chi connectivity index (χ3n) is 3.68. The molecule has 0 bridgehead atoms. The molecule has 0 saturated heterocycles. The maximum Gasteiger partial charge on any atom is 0.347 e. The largest absolute Gasteiger partial charge is 0.497 e. The molecule has 0 aliphatic rings. The van der Waals surface area contributed by atoms with Gasteiger partial charge in [-0.05, 0) is 54.8 Å². The van der Waals surface area contributed by atoms with Crippen LogP contribution in [0.4, 0.5) is 5.69 Å². The number of para-hydroxylation sites is 1. The molecule has 142 valence electrons. The monoisotopic (exact) mass is 370 g/mol. The standard InChI is InChI=1S/C20H22N2O5/c1-14-5-4-6-15(2)20(14)22-18(23)12-26-19(24)13-27-21-11-16-7-9-17(25-3)10-8-16/h4-11H,12-13H2,1-3H3,(H,22,23)/b21-11-. The van der Waals surface area contributed by atoms with Gasteiger partial charge in [0.1, 0.15) is 5.75 Å². The summed E-state index contributed by atoms with van der Waals surface area (Å²) in [4.78, 5) is 28.4. The topological polar surface area (TPSA) is 86.2 Å². The molecule has 0 aliphatic carbocycles. The molecule has 0 saturated carbocycles. The van der Waals surface area contributed by atoms with Crippen LogP contribution in [0.2, 0.25) is 0 Å². The van der Waals surface area contributed by atoms with Crippen molar-refractivity contribution in [3.63, 3.8) is 0 Å². The average Bonchev–Trinajstić information content (AvgIpc) is 2.67. The minimum absolute atomic E-state index is 0.386. The van der Waals surface area contributed by atoms with Crippen molar-refractivity contribution in [1.29, 1.82) is 0 Å². The summed E-state index contributed by atoms with van der Waals surface area (Å²) in [5, 5.41) is 6.42. The number of esters is 1. The Labute approximate surface area is 157 Å². The summed E-state index contributed by atoms with van der Waals surface area (Å²) in [6.45, 7) is 3.01. The number of carbonyl (C=O) groups is 2. The molecule has 0 heterocycles. The lowest BCUT2D eigenvalue weighted by atomic mass is 10.1. The Kier molecular flexibility index (Phi) is 7.37. The van der Waals surface area contributed by atoms with Gasteiger partial charge in [0.05, 0.1) is 13.3 Å². The third kappa shape index (κ3) is 6.47. The van der Waals surface area contributed by atoms with Gasteiger partial charge in [0.2, 0.25) is 6.61 Å². The number of ether oxygens (including phenoxy) is 2. The molecule has 1 N–H and O–H groups in total. The number of nitrogens with zero attached hydrogens (tertiary/aromatic N) is 1. The normalized spacial score (nSPS) is 10.5. The number of rotatable bonds is 8. The first-order valence-electron chi connectivity index (χ1n) is 8.30. The summed E-state index contributed by atoms with van der Waals surface area (Å²) in [7, 11) is 1.58. The molecule has 0 radical (unpaired) electrons. The van der Waals surface area contributed by atoms with Gasteiger partial charge in [0, 0.05) is 5.69 Å². The van der Waals surface area contributed by atoms with Gasteiger partial charge in [-0.2, -0.15) is 0 Å². The second-order valence-electron chi connectivity index (χ2n) is 5.76. The van der Waals surface area contributed by atoms with Gasteiger partial charge in [0.15, 0.2) is 6.61 Å². The number of benzene rings is 2. The van der Waals surface area contributed by atoms with Crippen molar-refractivity contribution in [2.75, 3.05) is 25.6 Å². The lowest BCUT2D eigenvalue weighted by Crippen LogP contribution is -2.23. The van der Waals surface area contributed by atoms with E-state index in [-0.39, 0.29) is 6.61 Å². The Morgan fingerprint density at radius 3 is 2.33 bits per heavy atom. The lowest BCUT2D eigenvalue weighted by molar-refractivity contribution is -0.151. The molecular weight excluding hydrogens is 348 g/mol. The first kappa shape index (κ1) is 20.0. The van der Waals surface area contributed by atoms with Crippen LogP contribution in [0, 0.1) is 13.8 Å². The Morgan fingerprint density at radius 2 is 1.70 bits per heavy atom. The number of nitrogens with one attached hydrogen (secondary N) is 1. The lowest BCUT2D eigenvalue weighted by Gasteiger charge is -2.11. The fourth-order valence-electron chi connectivity index (χ4n) is 2.25. The van der Waals surface area contributed by atoms with Crippen molar-refractivity contribution in [2.45, 2.75) is 13.8 Å². The van der Waals surface area contributed by atoms with Gasteiger partial charge >= 0.3 is 5.97 Å². The van der Waals surface area contributed by atoms with Gasteiger partial charge in [-0.15, -0.1) is 0 Å². The second-order valence-corrected chi connectivity index (χ2v) is 5.76. The smallest absolute Gasteiger partial charge is 0.347 e. The van der Waals surface area contributed by atoms with Crippen molar-refractivity contribution in [3.05, 3.63) is 59.2 Å². The fraction of sp³-hybridized carbons (Fsp3) is 0.250. The highest BCUT2D eigenvalue weighted by Crippen LogP contribution is 2.19. The van der Waals surface area contributed by atoms with Crippen molar-refractivity contribution < 1.29 is 23.9 Å². The maximum absolute atomic E-state index is 11.9. The number of hydrogen-bond donors (Lipinski definition) is 1. The molecule has 2 rings (SSSR count).